The summed E-state index contributed by atoms with van der Waals surface area (Å²) in [4.78, 5) is 28.9. The van der Waals surface area contributed by atoms with E-state index < -0.39 is 6.03 Å². The Bertz CT molecular complexity index is 1020. The van der Waals surface area contributed by atoms with Crippen molar-refractivity contribution in [2.75, 3.05) is 65.5 Å². The average molecular weight is 471 g/mol. The van der Waals surface area contributed by atoms with Crippen molar-refractivity contribution in [3.63, 3.8) is 0 Å². The highest BCUT2D eigenvalue weighted by molar-refractivity contribution is 6.01. The van der Waals surface area contributed by atoms with Gasteiger partial charge in [-0.2, -0.15) is 0 Å². The van der Waals surface area contributed by atoms with E-state index in [1.807, 2.05) is 23.1 Å². The summed E-state index contributed by atoms with van der Waals surface area (Å²) in [7, 11) is 3.25. The molecule has 2 N–H and O–H groups in total. The number of anilines is 1. The number of fused-ring (bicyclic) bond motifs is 1. The SMILES string of the molecule is COc1ccc(CN2CCN(CC(=O)NC(=O)Nc3ccc4c(c3)OCCO4)CC2)cc1OC. The maximum absolute atomic E-state index is 12.4. The lowest BCUT2D eigenvalue weighted by molar-refractivity contribution is -0.121. The second-order valence-corrected chi connectivity index (χ2v) is 8.10. The Morgan fingerprint density at radius 3 is 2.32 bits per heavy atom. The third kappa shape index (κ3) is 6.09. The van der Waals surface area contributed by atoms with E-state index in [-0.39, 0.29) is 12.5 Å². The molecule has 2 heterocycles. The van der Waals surface area contributed by atoms with Gasteiger partial charge in [-0.15, -0.1) is 0 Å². The van der Waals surface area contributed by atoms with E-state index in [0.717, 1.165) is 38.3 Å². The van der Waals surface area contributed by atoms with Gasteiger partial charge in [0.15, 0.2) is 23.0 Å². The van der Waals surface area contributed by atoms with E-state index in [1.54, 1.807) is 32.4 Å². The molecule has 0 aliphatic carbocycles. The summed E-state index contributed by atoms with van der Waals surface area (Å²) in [6.07, 6.45) is 0. The average Bonchev–Trinajstić information content (AvgIpc) is 2.85. The summed E-state index contributed by atoms with van der Waals surface area (Å²) in [5, 5.41) is 5.05. The maximum Gasteiger partial charge on any atom is 0.325 e. The molecule has 0 spiro atoms. The molecule has 0 bridgehead atoms. The first kappa shape index (κ1) is 23.7. The number of methoxy groups -OCH3 is 2. The van der Waals surface area contributed by atoms with Crippen LogP contribution in [0.15, 0.2) is 36.4 Å². The third-order valence-electron chi connectivity index (χ3n) is 5.74. The van der Waals surface area contributed by atoms with Crippen LogP contribution in [-0.4, -0.2) is 81.9 Å². The van der Waals surface area contributed by atoms with Crippen LogP contribution >= 0.6 is 0 Å². The minimum Gasteiger partial charge on any atom is -0.493 e. The van der Waals surface area contributed by atoms with Crippen molar-refractivity contribution in [2.24, 2.45) is 0 Å². The third-order valence-corrected chi connectivity index (χ3v) is 5.74. The molecule has 2 aliphatic rings. The number of carbonyl (C=O) groups excluding carboxylic acids is 2. The van der Waals surface area contributed by atoms with Crippen molar-refractivity contribution in [2.45, 2.75) is 6.54 Å². The molecule has 2 aromatic carbocycles. The van der Waals surface area contributed by atoms with E-state index in [2.05, 4.69) is 15.5 Å². The number of urea groups is 1. The van der Waals surface area contributed by atoms with E-state index in [4.69, 9.17) is 18.9 Å². The number of hydrogen-bond donors (Lipinski definition) is 2. The van der Waals surface area contributed by atoms with Crippen LogP contribution in [-0.2, 0) is 11.3 Å². The van der Waals surface area contributed by atoms with Crippen molar-refractivity contribution >= 4 is 17.6 Å². The van der Waals surface area contributed by atoms with Gasteiger partial charge in [-0.05, 0) is 29.8 Å². The molecule has 2 aromatic rings. The van der Waals surface area contributed by atoms with Crippen LogP contribution in [0.5, 0.6) is 23.0 Å². The molecule has 2 aliphatic heterocycles. The highest BCUT2D eigenvalue weighted by Crippen LogP contribution is 2.32. The number of piperazine rings is 1. The second kappa shape index (κ2) is 11.1. The predicted molar refractivity (Wildman–Crippen MR) is 126 cm³/mol. The molecule has 182 valence electrons. The molecule has 34 heavy (non-hydrogen) atoms. The van der Waals surface area contributed by atoms with Gasteiger partial charge in [0.25, 0.3) is 0 Å². The number of hydrogen-bond acceptors (Lipinski definition) is 8. The number of rotatable bonds is 7. The Hall–Kier alpha value is -3.50. The van der Waals surface area contributed by atoms with Gasteiger partial charge in [0.1, 0.15) is 13.2 Å². The summed E-state index contributed by atoms with van der Waals surface area (Å²) < 4.78 is 21.6. The van der Waals surface area contributed by atoms with Crippen LogP contribution in [0.1, 0.15) is 5.56 Å². The van der Waals surface area contributed by atoms with Gasteiger partial charge < -0.3 is 24.3 Å². The summed E-state index contributed by atoms with van der Waals surface area (Å²) in [6.45, 7) is 5.05. The van der Waals surface area contributed by atoms with Crippen molar-refractivity contribution in [3.8, 4) is 23.0 Å². The topological polar surface area (TPSA) is 102 Å². The Morgan fingerprint density at radius 2 is 1.59 bits per heavy atom. The standard InChI is InChI=1S/C24H30N4O6/c1-31-19-5-3-17(13-21(19)32-2)15-27-7-9-28(10-8-27)16-23(29)26-24(30)25-18-4-6-20-22(14-18)34-12-11-33-20/h3-6,13-14H,7-12,15-16H2,1-2H3,(H2,25,26,29,30). The molecule has 10 nitrogen and oxygen atoms in total. The molecular formula is C24H30N4O6. The molecule has 0 radical (unpaired) electrons. The van der Waals surface area contributed by atoms with E-state index in [0.29, 0.717) is 41.9 Å². The number of ether oxygens (including phenoxy) is 4. The molecule has 0 saturated carbocycles. The molecular weight excluding hydrogens is 440 g/mol. The van der Waals surface area contributed by atoms with Gasteiger partial charge in [0.2, 0.25) is 5.91 Å². The zero-order chi connectivity index (χ0) is 23.9. The first-order valence-corrected chi connectivity index (χ1v) is 11.2. The predicted octanol–water partition coefficient (Wildman–Crippen LogP) is 1.94. The maximum atomic E-state index is 12.4. The van der Waals surface area contributed by atoms with Crippen molar-refractivity contribution in [1.29, 1.82) is 0 Å². The lowest BCUT2D eigenvalue weighted by Gasteiger charge is -2.34. The number of carbonyl (C=O) groups is 2. The fourth-order valence-corrected chi connectivity index (χ4v) is 4.00. The van der Waals surface area contributed by atoms with Crippen LogP contribution in [0.3, 0.4) is 0 Å². The first-order chi connectivity index (χ1) is 16.5. The first-order valence-electron chi connectivity index (χ1n) is 11.2. The van der Waals surface area contributed by atoms with Gasteiger partial charge in [-0.3, -0.25) is 19.9 Å². The van der Waals surface area contributed by atoms with Gasteiger partial charge in [-0.1, -0.05) is 6.07 Å². The quantitative estimate of drug-likeness (QED) is 0.633. The van der Waals surface area contributed by atoms with Crippen LogP contribution in [0.2, 0.25) is 0 Å². The van der Waals surface area contributed by atoms with Crippen molar-refractivity contribution < 1.29 is 28.5 Å². The smallest absolute Gasteiger partial charge is 0.325 e. The number of amides is 3. The summed E-state index contributed by atoms with van der Waals surface area (Å²) in [6, 6.07) is 10.5. The number of nitrogens with zero attached hydrogens (tertiary/aromatic N) is 2. The molecule has 4 rings (SSSR count). The molecule has 1 fully saturated rings. The lowest BCUT2D eigenvalue weighted by Crippen LogP contribution is -2.50. The van der Waals surface area contributed by atoms with Crippen molar-refractivity contribution in [3.05, 3.63) is 42.0 Å². The molecule has 0 unspecified atom stereocenters. The zero-order valence-electron chi connectivity index (χ0n) is 19.5. The summed E-state index contributed by atoms with van der Waals surface area (Å²) in [5.74, 6) is 2.29. The minimum atomic E-state index is -0.575. The molecule has 3 amide bonds. The van der Waals surface area contributed by atoms with Gasteiger partial charge in [0, 0.05) is 44.5 Å². The summed E-state index contributed by atoms with van der Waals surface area (Å²) in [5.41, 5.74) is 1.66. The highest BCUT2D eigenvalue weighted by atomic mass is 16.6. The molecule has 0 aromatic heterocycles. The Balaban J connectivity index is 1.20. The highest BCUT2D eigenvalue weighted by Gasteiger charge is 2.21. The molecule has 0 atom stereocenters. The van der Waals surface area contributed by atoms with Gasteiger partial charge in [0.05, 0.1) is 20.8 Å². The largest absolute Gasteiger partial charge is 0.493 e. The van der Waals surface area contributed by atoms with E-state index in [9.17, 15) is 9.59 Å². The molecule has 10 heteroatoms. The van der Waals surface area contributed by atoms with E-state index >= 15 is 0 Å². The normalized spacial score (nSPS) is 15.9. The monoisotopic (exact) mass is 470 g/mol. The van der Waals surface area contributed by atoms with E-state index in [1.165, 1.54) is 0 Å². The fraction of sp³-hybridized carbons (Fsp3) is 0.417. The number of nitrogens with one attached hydrogen (secondary N) is 2. The van der Waals surface area contributed by atoms with Crippen LogP contribution in [0.4, 0.5) is 10.5 Å². The van der Waals surface area contributed by atoms with Crippen LogP contribution in [0.25, 0.3) is 0 Å². The second-order valence-electron chi connectivity index (χ2n) is 8.10. The fourth-order valence-electron chi connectivity index (χ4n) is 4.00. The zero-order valence-corrected chi connectivity index (χ0v) is 19.5. The molecule has 1 saturated heterocycles. The van der Waals surface area contributed by atoms with Crippen molar-refractivity contribution in [1.82, 2.24) is 15.1 Å². The number of imide groups is 1. The lowest BCUT2D eigenvalue weighted by atomic mass is 10.1. The van der Waals surface area contributed by atoms with Crippen LogP contribution in [0, 0.1) is 0 Å². The van der Waals surface area contributed by atoms with Gasteiger partial charge >= 0.3 is 6.03 Å². The number of benzene rings is 2. The summed E-state index contributed by atoms with van der Waals surface area (Å²) >= 11 is 0. The van der Waals surface area contributed by atoms with Crippen LogP contribution < -0.4 is 29.6 Å². The Labute approximate surface area is 198 Å². The Kier molecular flexibility index (Phi) is 7.71. The van der Waals surface area contributed by atoms with Gasteiger partial charge in [-0.25, -0.2) is 4.79 Å². The Morgan fingerprint density at radius 1 is 0.882 bits per heavy atom. The minimum absolute atomic E-state index is 0.165.